The van der Waals surface area contributed by atoms with Crippen LogP contribution in [0.3, 0.4) is 0 Å². The Morgan fingerprint density at radius 1 is 1.26 bits per heavy atom. The number of aryl methyl sites for hydroxylation is 1. The van der Waals surface area contributed by atoms with E-state index in [1.807, 2.05) is 17.0 Å². The van der Waals surface area contributed by atoms with Gasteiger partial charge in [-0.2, -0.15) is 0 Å². The average molecular weight is 339 g/mol. The highest BCUT2D eigenvalue weighted by Crippen LogP contribution is 2.37. The van der Waals surface area contributed by atoms with Gasteiger partial charge >= 0.3 is 0 Å². The number of amides is 1. The van der Waals surface area contributed by atoms with Gasteiger partial charge < -0.3 is 15.4 Å². The highest BCUT2D eigenvalue weighted by Gasteiger charge is 2.42. The summed E-state index contributed by atoms with van der Waals surface area (Å²) in [5.41, 5.74) is 7.39. The van der Waals surface area contributed by atoms with Crippen LogP contribution in [0.4, 0.5) is 0 Å². The normalized spacial score (nSPS) is 25.8. The summed E-state index contributed by atoms with van der Waals surface area (Å²) in [6, 6.07) is 8.40. The third kappa shape index (κ3) is 4.18. The first-order valence-electron chi connectivity index (χ1n) is 8.33. The number of hydrogen-bond donors (Lipinski definition) is 1. The first-order chi connectivity index (χ1) is 10.7. The summed E-state index contributed by atoms with van der Waals surface area (Å²) in [5.74, 6) is 2.38. The molecule has 128 valence electrons. The molecule has 1 saturated carbocycles. The highest BCUT2D eigenvalue weighted by molar-refractivity contribution is 5.85. The summed E-state index contributed by atoms with van der Waals surface area (Å²) >= 11 is 0. The summed E-state index contributed by atoms with van der Waals surface area (Å²) in [7, 11) is 1.67. The number of carbonyl (C=O) groups is 1. The Labute approximate surface area is 144 Å². The van der Waals surface area contributed by atoms with E-state index in [1.54, 1.807) is 7.11 Å². The van der Waals surface area contributed by atoms with Crippen LogP contribution in [-0.2, 0) is 11.2 Å². The van der Waals surface area contributed by atoms with E-state index in [4.69, 9.17) is 10.5 Å². The molecule has 23 heavy (non-hydrogen) atoms. The Balaban J connectivity index is 0.00000192. The molecule has 0 radical (unpaired) electrons. The Bertz CT molecular complexity index is 520. The van der Waals surface area contributed by atoms with Crippen LogP contribution in [-0.4, -0.2) is 37.0 Å². The van der Waals surface area contributed by atoms with Crippen molar-refractivity contribution in [3.8, 4) is 5.75 Å². The SMILES string of the molecule is COc1ccc(CCCC(=O)N2CC3CCC(N)C3C2)cc1.Cl. The van der Waals surface area contributed by atoms with E-state index in [0.29, 0.717) is 30.2 Å². The molecule has 1 aromatic carbocycles. The van der Waals surface area contributed by atoms with Gasteiger partial charge in [-0.1, -0.05) is 12.1 Å². The van der Waals surface area contributed by atoms with Gasteiger partial charge in [0.05, 0.1) is 7.11 Å². The van der Waals surface area contributed by atoms with Gasteiger partial charge in [0.2, 0.25) is 5.91 Å². The second-order valence-electron chi connectivity index (χ2n) is 6.67. The van der Waals surface area contributed by atoms with Crippen LogP contribution >= 0.6 is 12.4 Å². The fourth-order valence-electron chi connectivity index (χ4n) is 3.91. The van der Waals surface area contributed by atoms with Crippen LogP contribution in [0.1, 0.15) is 31.2 Å². The number of halogens is 1. The van der Waals surface area contributed by atoms with Crippen molar-refractivity contribution in [2.24, 2.45) is 17.6 Å². The number of nitrogens with two attached hydrogens (primary N) is 1. The van der Waals surface area contributed by atoms with Crippen LogP contribution in [0.25, 0.3) is 0 Å². The summed E-state index contributed by atoms with van der Waals surface area (Å²) in [6.07, 6.45) is 4.82. The number of carbonyl (C=O) groups excluding carboxylic acids is 1. The molecule has 3 unspecified atom stereocenters. The minimum atomic E-state index is 0. The first-order valence-corrected chi connectivity index (χ1v) is 8.33. The summed E-state index contributed by atoms with van der Waals surface area (Å²) < 4.78 is 5.15. The molecule has 0 spiro atoms. The fraction of sp³-hybridized carbons (Fsp3) is 0.611. The summed E-state index contributed by atoms with van der Waals surface area (Å²) in [6.45, 7) is 1.81. The molecule has 3 rings (SSSR count). The van der Waals surface area contributed by atoms with Crippen LogP contribution in [0.5, 0.6) is 5.75 Å². The maximum Gasteiger partial charge on any atom is 0.222 e. The number of likely N-dealkylation sites (tertiary alicyclic amines) is 1. The van der Waals surface area contributed by atoms with Crippen molar-refractivity contribution in [1.29, 1.82) is 0 Å². The Morgan fingerprint density at radius 2 is 2.00 bits per heavy atom. The molecule has 1 heterocycles. The zero-order chi connectivity index (χ0) is 15.5. The van der Waals surface area contributed by atoms with Gasteiger partial charge in [-0.3, -0.25) is 4.79 Å². The standard InChI is InChI=1S/C18H26N2O2.ClH/c1-22-15-8-5-13(6-9-15)3-2-4-18(21)20-11-14-7-10-17(19)16(14)12-20;/h5-6,8-9,14,16-17H,2-4,7,10-12,19H2,1H3;1H. The Morgan fingerprint density at radius 3 is 2.65 bits per heavy atom. The predicted octanol–water partition coefficient (Wildman–Crippen LogP) is 2.64. The predicted molar refractivity (Wildman–Crippen MR) is 93.9 cm³/mol. The highest BCUT2D eigenvalue weighted by atomic mass is 35.5. The molecule has 2 N–H and O–H groups in total. The molecule has 1 saturated heterocycles. The monoisotopic (exact) mass is 338 g/mol. The molecule has 2 fully saturated rings. The smallest absolute Gasteiger partial charge is 0.222 e. The van der Waals surface area contributed by atoms with Crippen molar-refractivity contribution in [2.45, 2.75) is 38.1 Å². The van der Waals surface area contributed by atoms with Gasteiger partial charge in [0, 0.05) is 25.6 Å². The molecule has 1 amide bonds. The lowest BCUT2D eigenvalue weighted by Crippen LogP contribution is -2.33. The van der Waals surface area contributed by atoms with E-state index in [9.17, 15) is 4.79 Å². The molecule has 4 nitrogen and oxygen atoms in total. The third-order valence-corrected chi connectivity index (χ3v) is 5.28. The lowest BCUT2D eigenvalue weighted by Gasteiger charge is -2.18. The van der Waals surface area contributed by atoms with Crippen molar-refractivity contribution in [3.05, 3.63) is 29.8 Å². The zero-order valence-corrected chi connectivity index (χ0v) is 14.6. The third-order valence-electron chi connectivity index (χ3n) is 5.28. The fourth-order valence-corrected chi connectivity index (χ4v) is 3.91. The van der Waals surface area contributed by atoms with Crippen LogP contribution in [0, 0.1) is 11.8 Å². The summed E-state index contributed by atoms with van der Waals surface area (Å²) in [4.78, 5) is 14.4. The molecular weight excluding hydrogens is 312 g/mol. The average Bonchev–Trinajstić information content (AvgIpc) is 3.10. The maximum atomic E-state index is 12.3. The minimum Gasteiger partial charge on any atom is -0.497 e. The lowest BCUT2D eigenvalue weighted by molar-refractivity contribution is -0.130. The van der Waals surface area contributed by atoms with Crippen molar-refractivity contribution >= 4 is 18.3 Å². The molecule has 1 aliphatic heterocycles. The number of ether oxygens (including phenoxy) is 1. The van der Waals surface area contributed by atoms with E-state index in [-0.39, 0.29) is 12.4 Å². The molecule has 1 aliphatic carbocycles. The first kappa shape index (κ1) is 18.1. The van der Waals surface area contributed by atoms with Crippen molar-refractivity contribution in [1.82, 2.24) is 4.90 Å². The second kappa shape index (κ2) is 8.02. The molecule has 5 heteroatoms. The number of methoxy groups -OCH3 is 1. The second-order valence-corrected chi connectivity index (χ2v) is 6.67. The van der Waals surface area contributed by atoms with Crippen molar-refractivity contribution < 1.29 is 9.53 Å². The van der Waals surface area contributed by atoms with Crippen LogP contribution in [0.2, 0.25) is 0 Å². The van der Waals surface area contributed by atoms with Gasteiger partial charge in [-0.25, -0.2) is 0 Å². The molecule has 3 atom stereocenters. The van der Waals surface area contributed by atoms with Gasteiger partial charge in [0.25, 0.3) is 0 Å². The van der Waals surface area contributed by atoms with Gasteiger partial charge in [0.15, 0.2) is 0 Å². The Kier molecular flexibility index (Phi) is 6.31. The lowest BCUT2D eigenvalue weighted by atomic mass is 9.98. The molecular formula is C18H27ClN2O2. The van der Waals surface area contributed by atoms with Crippen LogP contribution in [0.15, 0.2) is 24.3 Å². The van der Waals surface area contributed by atoms with Gasteiger partial charge in [0.1, 0.15) is 5.75 Å². The Hall–Kier alpha value is -1.26. The van der Waals surface area contributed by atoms with Crippen molar-refractivity contribution in [3.63, 3.8) is 0 Å². The maximum absolute atomic E-state index is 12.3. The number of nitrogens with zero attached hydrogens (tertiary/aromatic N) is 1. The topological polar surface area (TPSA) is 55.6 Å². The largest absolute Gasteiger partial charge is 0.497 e. The molecule has 2 aliphatic rings. The van der Waals surface area contributed by atoms with E-state index in [1.165, 1.54) is 12.0 Å². The van der Waals surface area contributed by atoms with E-state index in [0.717, 1.165) is 38.1 Å². The van der Waals surface area contributed by atoms with Crippen molar-refractivity contribution in [2.75, 3.05) is 20.2 Å². The molecule has 0 aromatic heterocycles. The quantitative estimate of drug-likeness (QED) is 0.898. The molecule has 1 aromatic rings. The number of benzene rings is 1. The minimum absolute atomic E-state index is 0. The van der Waals surface area contributed by atoms with Crippen LogP contribution < -0.4 is 10.5 Å². The van der Waals surface area contributed by atoms with E-state index < -0.39 is 0 Å². The summed E-state index contributed by atoms with van der Waals surface area (Å²) in [5, 5.41) is 0. The number of fused-ring (bicyclic) bond motifs is 1. The van der Waals surface area contributed by atoms with Gasteiger partial charge in [-0.05, 0) is 55.2 Å². The van der Waals surface area contributed by atoms with E-state index in [2.05, 4.69) is 12.1 Å². The van der Waals surface area contributed by atoms with Gasteiger partial charge in [-0.15, -0.1) is 12.4 Å². The van der Waals surface area contributed by atoms with E-state index >= 15 is 0 Å². The number of hydrogen-bond acceptors (Lipinski definition) is 3. The molecule has 0 bridgehead atoms. The number of rotatable bonds is 5. The zero-order valence-electron chi connectivity index (χ0n) is 13.7.